The van der Waals surface area contributed by atoms with Crippen molar-refractivity contribution < 1.29 is 18.8 Å². The zero-order valence-electron chi connectivity index (χ0n) is 8.54. The summed E-state index contributed by atoms with van der Waals surface area (Å²) in [6.45, 7) is 0.192. The summed E-state index contributed by atoms with van der Waals surface area (Å²) in [6, 6.07) is 5.18. The summed E-state index contributed by atoms with van der Waals surface area (Å²) in [6.07, 6.45) is 0. The van der Waals surface area contributed by atoms with E-state index in [1.807, 2.05) is 0 Å². The van der Waals surface area contributed by atoms with Gasteiger partial charge in [-0.3, -0.25) is 4.79 Å². The fraction of sp³-hybridized carbons (Fsp3) is 0.100. The van der Waals surface area contributed by atoms with Gasteiger partial charge in [0.2, 0.25) is 12.6 Å². The van der Waals surface area contributed by atoms with Gasteiger partial charge in [-0.15, -0.1) is 0 Å². The lowest BCUT2D eigenvalue weighted by molar-refractivity contribution is 0.0958. The third-order valence-corrected chi connectivity index (χ3v) is 2.27. The summed E-state index contributed by atoms with van der Waals surface area (Å²) in [7, 11) is 0. The molecule has 7 heteroatoms. The summed E-state index contributed by atoms with van der Waals surface area (Å²) < 4.78 is 15.1. The standard InChI is InChI=1S/C10H7N3O4/c11-8(14)10-12-9(13-17-10)5-1-2-6-7(3-5)16-4-15-6/h1-3H,4H2,(H2,11,14). The Bertz CT molecular complexity index is 593. The van der Waals surface area contributed by atoms with Crippen molar-refractivity contribution in [3.8, 4) is 22.9 Å². The SMILES string of the molecule is NC(=O)c1nc(-c2ccc3c(c2)OCO3)no1. The van der Waals surface area contributed by atoms with Crippen molar-refractivity contribution in [2.24, 2.45) is 5.73 Å². The van der Waals surface area contributed by atoms with Gasteiger partial charge >= 0.3 is 11.8 Å². The van der Waals surface area contributed by atoms with E-state index in [-0.39, 0.29) is 18.5 Å². The first-order valence-corrected chi connectivity index (χ1v) is 4.77. The van der Waals surface area contributed by atoms with Crippen LogP contribution < -0.4 is 15.2 Å². The lowest BCUT2D eigenvalue weighted by Gasteiger charge is -1.97. The summed E-state index contributed by atoms with van der Waals surface area (Å²) in [5, 5.41) is 3.65. The molecule has 3 rings (SSSR count). The smallest absolute Gasteiger partial charge is 0.316 e. The number of benzene rings is 1. The number of hydrogen-bond acceptors (Lipinski definition) is 6. The zero-order chi connectivity index (χ0) is 11.8. The maximum atomic E-state index is 10.8. The molecule has 1 aromatic carbocycles. The number of nitrogens with two attached hydrogens (primary N) is 1. The maximum Gasteiger partial charge on any atom is 0.316 e. The molecule has 1 aliphatic rings. The molecule has 2 heterocycles. The van der Waals surface area contributed by atoms with E-state index in [2.05, 4.69) is 10.1 Å². The molecule has 2 N–H and O–H groups in total. The third kappa shape index (κ3) is 1.57. The molecule has 0 aliphatic carbocycles. The molecule has 1 aromatic heterocycles. The number of carbonyl (C=O) groups excluding carboxylic acids is 1. The van der Waals surface area contributed by atoms with Gasteiger partial charge in [-0.2, -0.15) is 4.98 Å². The van der Waals surface area contributed by atoms with Crippen LogP contribution in [0.15, 0.2) is 22.7 Å². The average molecular weight is 233 g/mol. The molecule has 0 saturated carbocycles. The molecule has 1 amide bonds. The van der Waals surface area contributed by atoms with Crippen LogP contribution in [0, 0.1) is 0 Å². The van der Waals surface area contributed by atoms with Gasteiger partial charge in [-0.05, 0) is 18.2 Å². The Balaban J connectivity index is 2.00. The van der Waals surface area contributed by atoms with Gasteiger partial charge in [0.1, 0.15) is 0 Å². The topological polar surface area (TPSA) is 100 Å². The molecule has 0 spiro atoms. The second kappa shape index (κ2) is 3.48. The molecular formula is C10H7N3O4. The van der Waals surface area contributed by atoms with Crippen LogP contribution in [0.2, 0.25) is 0 Å². The van der Waals surface area contributed by atoms with E-state index in [1.165, 1.54) is 0 Å². The van der Waals surface area contributed by atoms with Gasteiger partial charge in [0.05, 0.1) is 0 Å². The minimum Gasteiger partial charge on any atom is -0.454 e. The van der Waals surface area contributed by atoms with Gasteiger partial charge in [-0.1, -0.05) is 5.16 Å². The van der Waals surface area contributed by atoms with Crippen LogP contribution in [0.25, 0.3) is 11.4 Å². The highest BCUT2D eigenvalue weighted by molar-refractivity contribution is 5.88. The fourth-order valence-electron chi connectivity index (χ4n) is 1.48. The molecule has 0 atom stereocenters. The molecule has 1 aliphatic heterocycles. The Morgan fingerprint density at radius 3 is 2.88 bits per heavy atom. The summed E-state index contributed by atoms with van der Waals surface area (Å²) in [5.74, 6) is 0.555. The molecule has 17 heavy (non-hydrogen) atoms. The van der Waals surface area contributed by atoms with Gasteiger partial charge in [-0.25, -0.2) is 0 Å². The predicted octanol–water partition coefficient (Wildman–Crippen LogP) is 0.564. The number of hydrogen-bond donors (Lipinski definition) is 1. The number of amides is 1. The first-order chi connectivity index (χ1) is 8.24. The molecule has 0 radical (unpaired) electrons. The molecule has 2 aromatic rings. The van der Waals surface area contributed by atoms with Crippen LogP contribution in [-0.4, -0.2) is 22.8 Å². The number of aromatic nitrogens is 2. The minimum atomic E-state index is -0.760. The number of fused-ring (bicyclic) bond motifs is 1. The van der Waals surface area contributed by atoms with E-state index in [4.69, 9.17) is 19.7 Å². The fourth-order valence-corrected chi connectivity index (χ4v) is 1.48. The summed E-state index contributed by atoms with van der Waals surface area (Å²) >= 11 is 0. The van der Waals surface area contributed by atoms with E-state index < -0.39 is 5.91 Å². The lowest BCUT2D eigenvalue weighted by Crippen LogP contribution is -2.10. The molecule has 0 fully saturated rings. The molecule has 0 unspecified atom stereocenters. The zero-order valence-corrected chi connectivity index (χ0v) is 8.54. The molecule has 0 saturated heterocycles. The van der Waals surface area contributed by atoms with E-state index >= 15 is 0 Å². The van der Waals surface area contributed by atoms with Gasteiger partial charge in [0.15, 0.2) is 11.5 Å². The van der Waals surface area contributed by atoms with Crippen LogP contribution in [-0.2, 0) is 0 Å². The Morgan fingerprint density at radius 1 is 1.29 bits per heavy atom. The van der Waals surface area contributed by atoms with Gasteiger partial charge < -0.3 is 19.7 Å². The summed E-state index contributed by atoms with van der Waals surface area (Å²) in [4.78, 5) is 14.7. The van der Waals surface area contributed by atoms with Crippen molar-refractivity contribution in [3.63, 3.8) is 0 Å². The van der Waals surface area contributed by atoms with Gasteiger partial charge in [0, 0.05) is 5.56 Å². The van der Waals surface area contributed by atoms with Crippen molar-refractivity contribution in [2.75, 3.05) is 6.79 Å². The highest BCUT2D eigenvalue weighted by atomic mass is 16.7. The quantitative estimate of drug-likeness (QED) is 0.813. The van der Waals surface area contributed by atoms with Crippen molar-refractivity contribution in [3.05, 3.63) is 24.1 Å². The van der Waals surface area contributed by atoms with Crippen LogP contribution in [0.5, 0.6) is 11.5 Å². The number of ether oxygens (including phenoxy) is 2. The number of primary amides is 1. The van der Waals surface area contributed by atoms with E-state index in [0.717, 1.165) is 0 Å². The van der Waals surface area contributed by atoms with Crippen LogP contribution in [0.1, 0.15) is 10.7 Å². The van der Waals surface area contributed by atoms with Crippen molar-refractivity contribution in [2.45, 2.75) is 0 Å². The highest BCUT2D eigenvalue weighted by Gasteiger charge is 2.17. The van der Waals surface area contributed by atoms with E-state index in [1.54, 1.807) is 18.2 Å². The predicted molar refractivity (Wildman–Crippen MR) is 54.4 cm³/mol. The number of nitrogens with zero attached hydrogens (tertiary/aromatic N) is 2. The van der Waals surface area contributed by atoms with E-state index in [0.29, 0.717) is 17.1 Å². The van der Waals surface area contributed by atoms with Crippen molar-refractivity contribution >= 4 is 5.91 Å². The first-order valence-electron chi connectivity index (χ1n) is 4.77. The summed E-state index contributed by atoms with van der Waals surface area (Å²) in [5.41, 5.74) is 5.67. The highest BCUT2D eigenvalue weighted by Crippen LogP contribution is 2.34. The van der Waals surface area contributed by atoms with E-state index in [9.17, 15) is 4.79 Å². The van der Waals surface area contributed by atoms with Crippen LogP contribution in [0.3, 0.4) is 0 Å². The number of rotatable bonds is 2. The monoisotopic (exact) mass is 233 g/mol. The van der Waals surface area contributed by atoms with Crippen LogP contribution >= 0.6 is 0 Å². The van der Waals surface area contributed by atoms with Crippen molar-refractivity contribution in [1.82, 2.24) is 10.1 Å². The molecule has 86 valence electrons. The molecule has 0 bridgehead atoms. The Hall–Kier alpha value is -2.57. The largest absolute Gasteiger partial charge is 0.454 e. The Morgan fingerprint density at radius 2 is 2.12 bits per heavy atom. The molecule has 7 nitrogen and oxygen atoms in total. The Labute approximate surface area is 95.1 Å². The Kier molecular flexibility index (Phi) is 1.97. The normalized spacial score (nSPS) is 12.7. The maximum absolute atomic E-state index is 10.8. The van der Waals surface area contributed by atoms with Gasteiger partial charge in [0.25, 0.3) is 0 Å². The molecular weight excluding hydrogens is 226 g/mol. The second-order valence-corrected chi connectivity index (χ2v) is 3.36. The van der Waals surface area contributed by atoms with Crippen LogP contribution in [0.4, 0.5) is 0 Å². The second-order valence-electron chi connectivity index (χ2n) is 3.36. The lowest BCUT2D eigenvalue weighted by atomic mass is 10.2. The minimum absolute atomic E-state index is 0.192. The first kappa shape index (κ1) is 9.64. The van der Waals surface area contributed by atoms with Crippen molar-refractivity contribution in [1.29, 1.82) is 0 Å². The third-order valence-electron chi connectivity index (χ3n) is 2.27. The number of carbonyl (C=O) groups is 1. The average Bonchev–Trinajstić information content (AvgIpc) is 2.97.